The van der Waals surface area contributed by atoms with Crippen LogP contribution in [0.2, 0.25) is 5.02 Å². The number of carbonyl (C=O) groups excluding carboxylic acids is 1. The molecular formula is C25H27ClN2O4S. The molecule has 0 spiro atoms. The summed E-state index contributed by atoms with van der Waals surface area (Å²) in [5, 5.41) is 3.32. The molecule has 6 nitrogen and oxygen atoms in total. The summed E-state index contributed by atoms with van der Waals surface area (Å²) in [6.07, 6.45) is 0. The standard InChI is InChI=1S/C25H27ClN2O4S/c1-18-5-4-6-20(15-18)16-28(33(30,31)24-13-9-22(26)10-14-24)17-25(29)27-19(2)21-7-11-23(32-3)12-8-21/h4-15,19H,16-17H2,1-3H3,(H,27,29)/t19-/m0/s1. The average Bonchev–Trinajstić information content (AvgIpc) is 2.79. The highest BCUT2D eigenvalue weighted by molar-refractivity contribution is 7.89. The molecule has 0 aliphatic heterocycles. The minimum Gasteiger partial charge on any atom is -0.497 e. The molecule has 1 atom stereocenters. The van der Waals surface area contributed by atoms with Gasteiger partial charge >= 0.3 is 0 Å². The minimum atomic E-state index is -3.94. The zero-order chi connectivity index (χ0) is 24.0. The van der Waals surface area contributed by atoms with Gasteiger partial charge in [-0.15, -0.1) is 0 Å². The molecule has 3 aromatic carbocycles. The molecule has 3 aromatic rings. The largest absolute Gasteiger partial charge is 0.497 e. The fourth-order valence-electron chi connectivity index (χ4n) is 3.42. The van der Waals surface area contributed by atoms with Crippen molar-refractivity contribution in [3.8, 4) is 5.75 Å². The molecule has 0 bridgehead atoms. The van der Waals surface area contributed by atoms with Crippen molar-refractivity contribution >= 4 is 27.5 Å². The molecule has 0 radical (unpaired) electrons. The van der Waals surface area contributed by atoms with Crippen molar-refractivity contribution in [3.63, 3.8) is 0 Å². The highest BCUT2D eigenvalue weighted by Crippen LogP contribution is 2.22. The van der Waals surface area contributed by atoms with Crippen molar-refractivity contribution in [1.82, 2.24) is 9.62 Å². The van der Waals surface area contributed by atoms with E-state index < -0.39 is 15.9 Å². The second kappa shape index (κ2) is 10.8. The Kier molecular flexibility index (Phi) is 8.13. The van der Waals surface area contributed by atoms with Gasteiger partial charge in [0.2, 0.25) is 15.9 Å². The van der Waals surface area contributed by atoms with Gasteiger partial charge in [0.1, 0.15) is 5.75 Å². The first kappa shape index (κ1) is 24.8. The van der Waals surface area contributed by atoms with Crippen LogP contribution in [0.4, 0.5) is 0 Å². The first-order chi connectivity index (χ1) is 15.7. The highest BCUT2D eigenvalue weighted by Gasteiger charge is 2.27. The van der Waals surface area contributed by atoms with Crippen molar-refractivity contribution in [2.45, 2.75) is 31.3 Å². The lowest BCUT2D eigenvalue weighted by atomic mass is 10.1. The molecule has 8 heteroatoms. The summed E-state index contributed by atoms with van der Waals surface area (Å²) in [7, 11) is -2.35. The lowest BCUT2D eigenvalue weighted by molar-refractivity contribution is -0.122. The van der Waals surface area contributed by atoms with E-state index in [2.05, 4.69) is 5.32 Å². The Bertz CT molecular complexity index is 1200. The molecule has 0 saturated carbocycles. The number of sulfonamides is 1. The third kappa shape index (κ3) is 6.57. The Balaban J connectivity index is 1.82. The summed E-state index contributed by atoms with van der Waals surface area (Å²) in [4.78, 5) is 13.0. The molecule has 0 aliphatic rings. The first-order valence-corrected chi connectivity index (χ1v) is 12.3. The fourth-order valence-corrected chi connectivity index (χ4v) is 4.93. The number of methoxy groups -OCH3 is 1. The molecule has 0 heterocycles. The number of amides is 1. The zero-order valence-electron chi connectivity index (χ0n) is 18.8. The van der Waals surface area contributed by atoms with Crippen LogP contribution in [0.1, 0.15) is 29.7 Å². The van der Waals surface area contributed by atoms with Gasteiger partial charge in [-0.1, -0.05) is 53.6 Å². The van der Waals surface area contributed by atoms with E-state index in [1.54, 1.807) is 7.11 Å². The van der Waals surface area contributed by atoms with Gasteiger partial charge < -0.3 is 10.1 Å². The van der Waals surface area contributed by atoms with Crippen LogP contribution in [-0.4, -0.2) is 32.3 Å². The van der Waals surface area contributed by atoms with Crippen LogP contribution in [-0.2, 0) is 21.4 Å². The normalized spacial score (nSPS) is 12.4. The second-order valence-corrected chi connectivity index (χ2v) is 10.2. The van der Waals surface area contributed by atoms with E-state index in [0.717, 1.165) is 22.4 Å². The molecule has 3 rings (SSSR count). The minimum absolute atomic E-state index is 0.0664. The van der Waals surface area contributed by atoms with E-state index >= 15 is 0 Å². The predicted octanol–water partition coefficient (Wildman–Crippen LogP) is 4.73. The van der Waals surface area contributed by atoms with Crippen LogP contribution in [0.5, 0.6) is 5.75 Å². The van der Waals surface area contributed by atoms with Crippen LogP contribution < -0.4 is 10.1 Å². The lowest BCUT2D eigenvalue weighted by Gasteiger charge is -2.23. The number of nitrogens with zero attached hydrogens (tertiary/aromatic N) is 1. The first-order valence-electron chi connectivity index (χ1n) is 10.4. The van der Waals surface area contributed by atoms with Gasteiger partial charge in [-0.3, -0.25) is 4.79 Å². The summed E-state index contributed by atoms with van der Waals surface area (Å²) in [5.41, 5.74) is 2.69. The van der Waals surface area contributed by atoms with Crippen molar-refractivity contribution in [2.75, 3.05) is 13.7 Å². The number of ether oxygens (including phenoxy) is 1. The van der Waals surface area contributed by atoms with Crippen LogP contribution in [0.15, 0.2) is 77.7 Å². The maximum Gasteiger partial charge on any atom is 0.243 e. The fraction of sp³-hybridized carbons (Fsp3) is 0.240. The van der Waals surface area contributed by atoms with Gasteiger partial charge in [0.05, 0.1) is 24.6 Å². The van der Waals surface area contributed by atoms with E-state index in [0.29, 0.717) is 5.02 Å². The quantitative estimate of drug-likeness (QED) is 0.474. The van der Waals surface area contributed by atoms with Gasteiger partial charge in [0.15, 0.2) is 0 Å². The topological polar surface area (TPSA) is 75.7 Å². The van der Waals surface area contributed by atoms with Gasteiger partial charge in [0, 0.05) is 11.6 Å². The summed E-state index contributed by atoms with van der Waals surface area (Å²) in [5.74, 6) is 0.319. The summed E-state index contributed by atoms with van der Waals surface area (Å²) < 4.78 is 33.1. The zero-order valence-corrected chi connectivity index (χ0v) is 20.4. The van der Waals surface area contributed by atoms with Gasteiger partial charge in [-0.25, -0.2) is 8.42 Å². The lowest BCUT2D eigenvalue weighted by Crippen LogP contribution is -2.41. The third-order valence-electron chi connectivity index (χ3n) is 5.21. The third-order valence-corrected chi connectivity index (χ3v) is 7.26. The highest BCUT2D eigenvalue weighted by atomic mass is 35.5. The summed E-state index contributed by atoms with van der Waals surface area (Å²) in [6.45, 7) is 3.53. The molecule has 0 unspecified atom stereocenters. The number of hydrogen-bond acceptors (Lipinski definition) is 4. The van der Waals surface area contributed by atoms with Gasteiger partial charge in [-0.2, -0.15) is 4.31 Å². The summed E-state index contributed by atoms with van der Waals surface area (Å²) in [6, 6.07) is 20.5. The maximum absolute atomic E-state index is 13.4. The second-order valence-electron chi connectivity index (χ2n) is 7.78. The Hall–Kier alpha value is -2.87. The average molecular weight is 487 g/mol. The molecule has 0 aliphatic carbocycles. The van der Waals surface area contributed by atoms with Gasteiger partial charge in [-0.05, 0) is 61.4 Å². The Morgan fingerprint density at radius 2 is 1.73 bits per heavy atom. The van der Waals surface area contributed by atoms with Crippen molar-refractivity contribution in [3.05, 3.63) is 94.5 Å². The Labute approximate surface area is 200 Å². The van der Waals surface area contributed by atoms with Crippen molar-refractivity contribution < 1.29 is 17.9 Å². The molecular weight excluding hydrogens is 460 g/mol. The smallest absolute Gasteiger partial charge is 0.243 e. The Morgan fingerprint density at radius 3 is 2.33 bits per heavy atom. The Morgan fingerprint density at radius 1 is 1.06 bits per heavy atom. The number of aryl methyl sites for hydroxylation is 1. The number of nitrogens with one attached hydrogen (secondary N) is 1. The number of rotatable bonds is 9. The molecule has 1 amide bonds. The number of halogens is 1. The molecule has 0 aromatic heterocycles. The molecule has 1 N–H and O–H groups in total. The molecule has 174 valence electrons. The maximum atomic E-state index is 13.4. The van der Waals surface area contributed by atoms with E-state index in [9.17, 15) is 13.2 Å². The van der Waals surface area contributed by atoms with Crippen LogP contribution in [0.25, 0.3) is 0 Å². The molecule has 33 heavy (non-hydrogen) atoms. The van der Waals surface area contributed by atoms with Crippen LogP contribution in [0.3, 0.4) is 0 Å². The number of benzene rings is 3. The van der Waals surface area contributed by atoms with E-state index in [-0.39, 0.29) is 24.0 Å². The van der Waals surface area contributed by atoms with Crippen molar-refractivity contribution in [1.29, 1.82) is 0 Å². The predicted molar refractivity (Wildman–Crippen MR) is 130 cm³/mol. The van der Waals surface area contributed by atoms with Crippen LogP contribution in [0, 0.1) is 6.92 Å². The van der Waals surface area contributed by atoms with Crippen molar-refractivity contribution in [2.24, 2.45) is 0 Å². The SMILES string of the molecule is COc1ccc([C@H](C)NC(=O)CN(Cc2cccc(C)c2)S(=O)(=O)c2ccc(Cl)cc2)cc1. The monoisotopic (exact) mass is 486 g/mol. The molecule has 0 fully saturated rings. The molecule has 0 saturated heterocycles. The van der Waals surface area contributed by atoms with E-state index in [1.165, 1.54) is 28.6 Å². The van der Waals surface area contributed by atoms with E-state index in [4.69, 9.17) is 16.3 Å². The van der Waals surface area contributed by atoms with Crippen LogP contribution >= 0.6 is 11.6 Å². The number of hydrogen-bond donors (Lipinski definition) is 1. The number of carbonyl (C=O) groups is 1. The summed E-state index contributed by atoms with van der Waals surface area (Å²) >= 11 is 5.93. The van der Waals surface area contributed by atoms with E-state index in [1.807, 2.05) is 62.4 Å². The van der Waals surface area contributed by atoms with Gasteiger partial charge in [0.25, 0.3) is 0 Å².